The molecule has 1 N–H and O–H groups in total. The topological polar surface area (TPSA) is 55.3 Å². The number of nitrogens with one attached hydrogen (secondary N) is 1. The Bertz CT molecular complexity index is 438. The molecule has 2 saturated heterocycles. The summed E-state index contributed by atoms with van der Waals surface area (Å²) < 4.78 is 17.9. The maximum Gasteiger partial charge on any atom is 0.193 e. The van der Waals surface area contributed by atoms with Crippen molar-refractivity contribution in [1.82, 2.24) is 10.2 Å². The number of ether oxygens (including phenoxy) is 3. The van der Waals surface area contributed by atoms with Crippen LogP contribution in [-0.2, 0) is 14.2 Å². The second-order valence-electron chi connectivity index (χ2n) is 8.37. The van der Waals surface area contributed by atoms with Crippen molar-refractivity contribution < 1.29 is 14.2 Å². The summed E-state index contributed by atoms with van der Waals surface area (Å²) in [5, 5.41) is 3.45. The lowest BCUT2D eigenvalue weighted by atomic mass is 10.1. The molecule has 1 saturated carbocycles. The van der Waals surface area contributed by atoms with Gasteiger partial charge in [0.05, 0.1) is 38.1 Å². The van der Waals surface area contributed by atoms with Crippen LogP contribution in [-0.4, -0.2) is 75.2 Å². The van der Waals surface area contributed by atoms with E-state index in [2.05, 4.69) is 17.1 Å². The normalized spacial score (nSPS) is 25.8. The predicted octanol–water partition coefficient (Wildman–Crippen LogP) is 3.35. The zero-order valence-corrected chi connectivity index (χ0v) is 17.9. The van der Waals surface area contributed by atoms with Crippen molar-refractivity contribution in [3.8, 4) is 0 Å². The minimum absolute atomic E-state index is 0.324. The van der Waals surface area contributed by atoms with Gasteiger partial charge in [-0.15, -0.1) is 0 Å². The largest absolute Gasteiger partial charge is 0.376 e. The summed E-state index contributed by atoms with van der Waals surface area (Å²) in [6.45, 7) is 8.19. The van der Waals surface area contributed by atoms with E-state index in [1.165, 1.54) is 44.9 Å². The van der Waals surface area contributed by atoms with Crippen molar-refractivity contribution in [2.24, 2.45) is 4.99 Å². The van der Waals surface area contributed by atoms with E-state index in [0.29, 0.717) is 18.3 Å². The van der Waals surface area contributed by atoms with Gasteiger partial charge < -0.3 is 24.4 Å². The molecule has 0 amide bonds. The number of nitrogens with zero attached hydrogens (tertiary/aromatic N) is 2. The molecule has 3 fully saturated rings. The molecule has 0 aromatic heterocycles. The average Bonchev–Trinajstić information content (AvgIpc) is 3.11. The van der Waals surface area contributed by atoms with Crippen molar-refractivity contribution in [2.75, 3.05) is 46.0 Å². The van der Waals surface area contributed by atoms with E-state index in [1.807, 2.05) is 0 Å². The van der Waals surface area contributed by atoms with Crippen LogP contribution in [0.25, 0.3) is 0 Å². The van der Waals surface area contributed by atoms with Gasteiger partial charge in [0, 0.05) is 26.2 Å². The second kappa shape index (κ2) is 12.7. The van der Waals surface area contributed by atoms with Crippen LogP contribution in [0.2, 0.25) is 0 Å². The standard InChI is InChI=1S/C22H41N3O3/c1-2-23-22(24-13-17-27-19-8-5-3-4-6-9-19)25-14-11-20(12-15-25)28-18-21-10-7-16-26-21/h19-21H,2-18H2,1H3,(H,23,24). The molecule has 6 heteroatoms. The number of piperidine rings is 1. The molecule has 162 valence electrons. The zero-order chi connectivity index (χ0) is 19.4. The molecule has 28 heavy (non-hydrogen) atoms. The van der Waals surface area contributed by atoms with E-state index < -0.39 is 0 Å². The Hall–Kier alpha value is -0.850. The minimum atomic E-state index is 0.324. The molecule has 1 unspecified atom stereocenters. The SMILES string of the molecule is CCNC(=NCCOC1CCCCCC1)N1CCC(OCC2CCCO2)CC1. The van der Waals surface area contributed by atoms with E-state index >= 15 is 0 Å². The van der Waals surface area contributed by atoms with Gasteiger partial charge in [-0.25, -0.2) is 0 Å². The van der Waals surface area contributed by atoms with E-state index in [0.717, 1.165) is 71.2 Å². The van der Waals surface area contributed by atoms with Gasteiger partial charge in [-0.3, -0.25) is 4.99 Å². The van der Waals surface area contributed by atoms with Crippen LogP contribution < -0.4 is 5.32 Å². The summed E-state index contributed by atoms with van der Waals surface area (Å²) in [4.78, 5) is 7.20. The van der Waals surface area contributed by atoms with E-state index in [1.54, 1.807) is 0 Å². The van der Waals surface area contributed by atoms with Gasteiger partial charge in [0.25, 0.3) is 0 Å². The molecule has 6 nitrogen and oxygen atoms in total. The Balaban J connectivity index is 1.35. The quantitative estimate of drug-likeness (QED) is 0.296. The summed E-state index contributed by atoms with van der Waals surface area (Å²) in [5.41, 5.74) is 0. The number of likely N-dealkylation sites (tertiary alicyclic amines) is 1. The van der Waals surface area contributed by atoms with Crippen molar-refractivity contribution in [3.05, 3.63) is 0 Å². The lowest BCUT2D eigenvalue weighted by Gasteiger charge is -2.34. The highest BCUT2D eigenvalue weighted by molar-refractivity contribution is 5.80. The first-order valence-electron chi connectivity index (χ1n) is 11.7. The van der Waals surface area contributed by atoms with Crippen molar-refractivity contribution in [1.29, 1.82) is 0 Å². The number of guanidine groups is 1. The molecular formula is C22H41N3O3. The first kappa shape index (κ1) is 21.8. The van der Waals surface area contributed by atoms with Crippen molar-refractivity contribution in [2.45, 2.75) is 89.4 Å². The third-order valence-corrected chi connectivity index (χ3v) is 6.13. The Morgan fingerprint density at radius 1 is 0.964 bits per heavy atom. The molecule has 0 bridgehead atoms. The summed E-state index contributed by atoms with van der Waals surface area (Å²) >= 11 is 0. The maximum atomic E-state index is 6.10. The van der Waals surface area contributed by atoms with Crippen LogP contribution in [0, 0.1) is 0 Å². The molecule has 1 atom stereocenters. The molecule has 2 aliphatic heterocycles. The molecule has 0 spiro atoms. The Morgan fingerprint density at radius 3 is 2.39 bits per heavy atom. The van der Waals surface area contributed by atoms with Gasteiger partial charge in [-0.1, -0.05) is 25.7 Å². The predicted molar refractivity (Wildman–Crippen MR) is 113 cm³/mol. The minimum Gasteiger partial charge on any atom is -0.376 e. The highest BCUT2D eigenvalue weighted by Crippen LogP contribution is 2.20. The Labute approximate surface area is 171 Å². The van der Waals surface area contributed by atoms with Gasteiger partial charge in [0.2, 0.25) is 0 Å². The molecule has 1 aliphatic carbocycles. The van der Waals surface area contributed by atoms with Crippen molar-refractivity contribution >= 4 is 5.96 Å². The van der Waals surface area contributed by atoms with Crippen LogP contribution in [0.4, 0.5) is 0 Å². The smallest absolute Gasteiger partial charge is 0.193 e. The van der Waals surface area contributed by atoms with E-state index in [-0.39, 0.29) is 0 Å². The number of hydrogen-bond acceptors (Lipinski definition) is 4. The molecular weight excluding hydrogens is 354 g/mol. The van der Waals surface area contributed by atoms with E-state index in [9.17, 15) is 0 Å². The first-order chi connectivity index (χ1) is 13.8. The number of rotatable bonds is 8. The van der Waals surface area contributed by atoms with Gasteiger partial charge >= 0.3 is 0 Å². The number of hydrogen-bond donors (Lipinski definition) is 1. The van der Waals surface area contributed by atoms with Gasteiger partial charge in [-0.2, -0.15) is 0 Å². The molecule has 2 heterocycles. The van der Waals surface area contributed by atoms with Crippen molar-refractivity contribution in [3.63, 3.8) is 0 Å². The van der Waals surface area contributed by atoms with Gasteiger partial charge in [0.15, 0.2) is 5.96 Å². The van der Waals surface area contributed by atoms with Crippen LogP contribution >= 0.6 is 0 Å². The van der Waals surface area contributed by atoms with Gasteiger partial charge in [0.1, 0.15) is 0 Å². The lowest BCUT2D eigenvalue weighted by Crippen LogP contribution is -2.47. The molecule has 0 aromatic rings. The highest BCUT2D eigenvalue weighted by atomic mass is 16.5. The lowest BCUT2D eigenvalue weighted by molar-refractivity contribution is -0.0367. The highest BCUT2D eigenvalue weighted by Gasteiger charge is 2.24. The van der Waals surface area contributed by atoms with E-state index in [4.69, 9.17) is 19.2 Å². The average molecular weight is 396 g/mol. The third kappa shape index (κ3) is 7.53. The monoisotopic (exact) mass is 395 g/mol. The van der Waals surface area contributed by atoms with Crippen LogP contribution in [0.5, 0.6) is 0 Å². The summed E-state index contributed by atoms with van der Waals surface area (Å²) in [5.74, 6) is 1.03. The first-order valence-corrected chi connectivity index (χ1v) is 11.7. The fraction of sp³-hybridized carbons (Fsp3) is 0.955. The Morgan fingerprint density at radius 2 is 1.71 bits per heavy atom. The second-order valence-corrected chi connectivity index (χ2v) is 8.37. The molecule has 3 aliphatic rings. The molecule has 0 aromatic carbocycles. The van der Waals surface area contributed by atoms with Crippen LogP contribution in [0.1, 0.15) is 71.1 Å². The summed E-state index contributed by atoms with van der Waals surface area (Å²) in [6, 6.07) is 0. The molecule has 0 radical (unpaired) electrons. The Kier molecular flexibility index (Phi) is 9.88. The third-order valence-electron chi connectivity index (χ3n) is 6.13. The molecule has 3 rings (SSSR count). The number of aliphatic imine (C=N–C) groups is 1. The maximum absolute atomic E-state index is 6.10. The fourth-order valence-electron chi connectivity index (χ4n) is 4.46. The zero-order valence-electron chi connectivity index (χ0n) is 17.9. The van der Waals surface area contributed by atoms with Gasteiger partial charge in [-0.05, 0) is 45.4 Å². The fourth-order valence-corrected chi connectivity index (χ4v) is 4.46. The van der Waals surface area contributed by atoms with Crippen LogP contribution in [0.3, 0.4) is 0 Å². The van der Waals surface area contributed by atoms with Crippen LogP contribution in [0.15, 0.2) is 4.99 Å². The summed E-state index contributed by atoms with van der Waals surface area (Å²) in [7, 11) is 0. The summed E-state index contributed by atoms with van der Waals surface area (Å²) in [6.07, 6.45) is 13.4.